The van der Waals surface area contributed by atoms with Gasteiger partial charge in [-0.15, -0.1) is 0 Å². The monoisotopic (exact) mass is 181 g/mol. The summed E-state index contributed by atoms with van der Waals surface area (Å²) in [5, 5.41) is 9.60. The highest BCUT2D eigenvalue weighted by atomic mass is 16.5. The molecular formula is C10H15NO2. The Kier molecular flexibility index (Phi) is 2.45. The third-order valence-electron chi connectivity index (χ3n) is 2.58. The van der Waals surface area contributed by atoms with Crippen molar-refractivity contribution >= 4 is 0 Å². The lowest BCUT2D eigenvalue weighted by Gasteiger charge is -2.12. The number of rotatable bonds is 1. The summed E-state index contributed by atoms with van der Waals surface area (Å²) in [6.45, 7) is 7.15. The normalized spacial score (nSPS) is 10.5. The third kappa shape index (κ3) is 1.34. The highest BCUT2D eigenvalue weighted by Crippen LogP contribution is 2.09. The molecule has 0 saturated heterocycles. The van der Waals surface area contributed by atoms with E-state index in [0.29, 0.717) is 28.9 Å². The lowest BCUT2D eigenvalue weighted by Crippen LogP contribution is -2.21. The van der Waals surface area contributed by atoms with Gasteiger partial charge in [0.05, 0.1) is 11.4 Å². The van der Waals surface area contributed by atoms with Crippen LogP contribution in [0.3, 0.4) is 0 Å². The average molecular weight is 181 g/mol. The molecule has 0 aliphatic carbocycles. The number of pyridine rings is 1. The molecule has 0 saturated carbocycles. The van der Waals surface area contributed by atoms with E-state index in [1.807, 2.05) is 6.92 Å². The maximum absolute atomic E-state index is 11.7. The molecule has 3 heteroatoms. The van der Waals surface area contributed by atoms with E-state index in [9.17, 15) is 10.0 Å². The van der Waals surface area contributed by atoms with E-state index in [1.165, 1.54) is 0 Å². The molecule has 13 heavy (non-hydrogen) atoms. The number of hydrogen-bond acceptors (Lipinski definition) is 2. The molecule has 0 atom stereocenters. The van der Waals surface area contributed by atoms with Crippen molar-refractivity contribution in [2.24, 2.45) is 0 Å². The van der Waals surface area contributed by atoms with Crippen molar-refractivity contribution in [1.29, 1.82) is 0 Å². The lowest BCUT2D eigenvalue weighted by atomic mass is 10.1. The first-order valence-corrected chi connectivity index (χ1v) is 4.41. The van der Waals surface area contributed by atoms with Crippen LogP contribution in [0.1, 0.15) is 29.4 Å². The van der Waals surface area contributed by atoms with E-state index in [2.05, 4.69) is 0 Å². The van der Waals surface area contributed by atoms with Crippen molar-refractivity contribution in [2.75, 3.05) is 0 Å². The number of aromatic nitrogens is 1. The van der Waals surface area contributed by atoms with Crippen LogP contribution in [-0.4, -0.2) is 9.94 Å². The molecule has 0 unspecified atom stereocenters. The van der Waals surface area contributed by atoms with E-state index in [0.717, 1.165) is 4.73 Å². The molecule has 1 N–H and O–H groups in total. The van der Waals surface area contributed by atoms with Crippen LogP contribution >= 0.6 is 0 Å². The largest absolute Gasteiger partial charge is 0.428 e. The van der Waals surface area contributed by atoms with E-state index in [-0.39, 0.29) is 5.43 Å². The minimum Gasteiger partial charge on any atom is -0.428 e. The van der Waals surface area contributed by atoms with Gasteiger partial charge in [0.15, 0.2) is 5.43 Å². The predicted molar refractivity (Wildman–Crippen MR) is 51.5 cm³/mol. The second-order valence-corrected chi connectivity index (χ2v) is 3.27. The molecule has 0 bridgehead atoms. The zero-order chi connectivity index (χ0) is 10.2. The quantitative estimate of drug-likeness (QED) is 0.668. The Hall–Kier alpha value is -1.25. The molecule has 72 valence electrons. The van der Waals surface area contributed by atoms with Gasteiger partial charge < -0.3 is 5.21 Å². The molecule has 1 heterocycles. The summed E-state index contributed by atoms with van der Waals surface area (Å²) in [5.41, 5.74) is 2.66. The summed E-state index contributed by atoms with van der Waals surface area (Å²) in [5.74, 6) is 0. The summed E-state index contributed by atoms with van der Waals surface area (Å²) in [6, 6.07) is 0. The average Bonchev–Trinajstić information content (AvgIpc) is 2.13. The van der Waals surface area contributed by atoms with Crippen LogP contribution in [0, 0.1) is 20.8 Å². The maximum atomic E-state index is 11.7. The van der Waals surface area contributed by atoms with Gasteiger partial charge in [-0.1, -0.05) is 6.92 Å². The minimum absolute atomic E-state index is 0.0581. The Morgan fingerprint density at radius 3 is 2.23 bits per heavy atom. The van der Waals surface area contributed by atoms with E-state index in [4.69, 9.17) is 0 Å². The van der Waals surface area contributed by atoms with Gasteiger partial charge in [0.25, 0.3) is 0 Å². The molecular weight excluding hydrogens is 166 g/mol. The molecule has 0 aromatic carbocycles. The van der Waals surface area contributed by atoms with E-state index < -0.39 is 0 Å². The molecule has 0 fully saturated rings. The summed E-state index contributed by atoms with van der Waals surface area (Å²) >= 11 is 0. The number of hydrogen-bond donors (Lipinski definition) is 1. The fourth-order valence-electron chi connectivity index (χ4n) is 1.51. The maximum Gasteiger partial charge on any atom is 0.188 e. The summed E-state index contributed by atoms with van der Waals surface area (Å²) in [4.78, 5) is 11.7. The van der Waals surface area contributed by atoms with Crippen LogP contribution < -0.4 is 5.43 Å². The predicted octanol–water partition coefficient (Wildman–Crippen LogP) is 1.57. The van der Waals surface area contributed by atoms with Gasteiger partial charge in [-0.25, -0.2) is 0 Å². The van der Waals surface area contributed by atoms with Gasteiger partial charge in [-0.05, 0) is 27.2 Å². The van der Waals surface area contributed by atoms with Gasteiger partial charge in [0, 0.05) is 11.1 Å². The second-order valence-electron chi connectivity index (χ2n) is 3.27. The van der Waals surface area contributed by atoms with Gasteiger partial charge in [0.2, 0.25) is 0 Å². The fraction of sp³-hybridized carbons (Fsp3) is 0.500. The molecule has 0 aliphatic rings. The summed E-state index contributed by atoms with van der Waals surface area (Å²) in [7, 11) is 0. The van der Waals surface area contributed by atoms with Crippen molar-refractivity contribution in [3.05, 3.63) is 32.7 Å². The van der Waals surface area contributed by atoms with Gasteiger partial charge in [-0.2, -0.15) is 4.73 Å². The van der Waals surface area contributed by atoms with Gasteiger partial charge >= 0.3 is 0 Å². The van der Waals surface area contributed by atoms with E-state index in [1.54, 1.807) is 20.8 Å². The number of nitrogens with zero attached hydrogens (tertiary/aromatic N) is 1. The topological polar surface area (TPSA) is 42.2 Å². The minimum atomic E-state index is 0.0581. The van der Waals surface area contributed by atoms with Crippen LogP contribution in [-0.2, 0) is 6.42 Å². The molecule has 0 aliphatic heterocycles. The van der Waals surface area contributed by atoms with Crippen molar-refractivity contribution < 1.29 is 5.21 Å². The summed E-state index contributed by atoms with van der Waals surface area (Å²) in [6.07, 6.45) is 0.659. The van der Waals surface area contributed by atoms with E-state index >= 15 is 0 Å². The summed E-state index contributed by atoms with van der Waals surface area (Å²) < 4.78 is 1.09. The third-order valence-corrected chi connectivity index (χ3v) is 2.58. The highest BCUT2D eigenvalue weighted by molar-refractivity contribution is 5.29. The molecule has 1 aromatic rings. The van der Waals surface area contributed by atoms with Crippen molar-refractivity contribution in [3.8, 4) is 0 Å². The zero-order valence-electron chi connectivity index (χ0n) is 8.51. The molecule has 1 rings (SSSR count). The zero-order valence-corrected chi connectivity index (χ0v) is 8.51. The van der Waals surface area contributed by atoms with Crippen LogP contribution in [0.4, 0.5) is 0 Å². The second kappa shape index (κ2) is 3.24. The van der Waals surface area contributed by atoms with Crippen molar-refractivity contribution in [2.45, 2.75) is 34.1 Å². The first-order valence-electron chi connectivity index (χ1n) is 4.41. The highest BCUT2D eigenvalue weighted by Gasteiger charge is 2.11. The smallest absolute Gasteiger partial charge is 0.188 e. The van der Waals surface area contributed by atoms with Crippen molar-refractivity contribution in [1.82, 2.24) is 4.73 Å². The Morgan fingerprint density at radius 1 is 1.23 bits per heavy atom. The Balaban J connectivity index is 3.67. The molecule has 3 nitrogen and oxygen atoms in total. The first kappa shape index (κ1) is 9.84. The standard InChI is InChI=1S/C10H15NO2/c1-5-9-8(4)11(13)7(3)6(2)10(9)12/h13H,5H2,1-4H3. The van der Waals surface area contributed by atoms with Crippen molar-refractivity contribution in [3.63, 3.8) is 0 Å². The Bertz CT molecular complexity index is 391. The first-order chi connectivity index (χ1) is 6.00. The molecule has 0 amide bonds. The molecule has 0 radical (unpaired) electrons. The lowest BCUT2D eigenvalue weighted by molar-refractivity contribution is 0.169. The van der Waals surface area contributed by atoms with Crippen LogP contribution in [0.2, 0.25) is 0 Å². The van der Waals surface area contributed by atoms with Gasteiger partial charge in [0.1, 0.15) is 0 Å². The van der Waals surface area contributed by atoms with Crippen LogP contribution in [0.15, 0.2) is 4.79 Å². The van der Waals surface area contributed by atoms with Crippen LogP contribution in [0.25, 0.3) is 0 Å². The SMILES string of the molecule is CCc1c(C)n(O)c(C)c(C)c1=O. The van der Waals surface area contributed by atoms with Crippen LogP contribution in [0.5, 0.6) is 0 Å². The molecule has 0 spiro atoms. The fourth-order valence-corrected chi connectivity index (χ4v) is 1.51. The molecule has 1 aromatic heterocycles. The Morgan fingerprint density at radius 2 is 1.77 bits per heavy atom. The van der Waals surface area contributed by atoms with Gasteiger partial charge in [-0.3, -0.25) is 4.79 Å². The Labute approximate surface area is 77.6 Å².